The van der Waals surface area contributed by atoms with E-state index < -0.39 is 0 Å². The fourth-order valence-corrected chi connectivity index (χ4v) is 1.89. The van der Waals surface area contributed by atoms with Gasteiger partial charge in [-0.1, -0.05) is 23.7 Å². The van der Waals surface area contributed by atoms with E-state index in [-0.39, 0.29) is 19.0 Å². The van der Waals surface area contributed by atoms with Crippen LogP contribution < -0.4 is 4.74 Å². The number of benzene rings is 2. The molecule has 0 saturated heterocycles. The Hall–Kier alpha value is -1.58. The van der Waals surface area contributed by atoms with Gasteiger partial charge >= 0.3 is 0 Å². The van der Waals surface area contributed by atoms with Gasteiger partial charge in [-0.05, 0) is 42.3 Å². The molecule has 2 aromatic rings. The van der Waals surface area contributed by atoms with Crippen molar-refractivity contribution in [1.82, 2.24) is 0 Å². The van der Waals surface area contributed by atoms with E-state index >= 15 is 0 Å². The molecule has 0 unspecified atom stereocenters. The van der Waals surface area contributed by atoms with Gasteiger partial charge in [0, 0.05) is 17.2 Å². The van der Waals surface area contributed by atoms with Crippen LogP contribution >= 0.6 is 11.6 Å². The number of rotatable bonds is 5. The lowest BCUT2D eigenvalue weighted by Gasteiger charge is -2.08. The fourth-order valence-electron chi connectivity index (χ4n) is 1.70. The normalized spacial score (nSPS) is 10.5. The summed E-state index contributed by atoms with van der Waals surface area (Å²) in [7, 11) is 0. The predicted octanol–water partition coefficient (Wildman–Crippen LogP) is 3.59. The molecule has 0 aliphatic carbocycles. The third-order valence-corrected chi connectivity index (χ3v) is 2.96. The van der Waals surface area contributed by atoms with Crippen molar-refractivity contribution in [1.29, 1.82) is 0 Å². The first-order chi connectivity index (χ1) is 9.19. The van der Waals surface area contributed by atoms with Gasteiger partial charge in [-0.2, -0.15) is 0 Å². The molecule has 1 N–H and O–H groups in total. The Labute approximate surface area is 116 Å². The Morgan fingerprint density at radius 2 is 1.84 bits per heavy atom. The van der Waals surface area contributed by atoms with Crippen LogP contribution in [-0.2, 0) is 13.0 Å². The second-order valence-electron chi connectivity index (χ2n) is 4.14. The second-order valence-corrected chi connectivity index (χ2v) is 4.58. The molecule has 0 aliphatic rings. The number of ether oxygens (including phenoxy) is 1. The Kier molecular flexibility index (Phi) is 4.77. The van der Waals surface area contributed by atoms with Crippen molar-refractivity contribution < 1.29 is 14.2 Å². The summed E-state index contributed by atoms with van der Waals surface area (Å²) in [5, 5.41) is 9.30. The summed E-state index contributed by atoms with van der Waals surface area (Å²) in [5.74, 6) is 0.322. The van der Waals surface area contributed by atoms with E-state index in [0.29, 0.717) is 22.8 Å². The van der Waals surface area contributed by atoms with Crippen LogP contribution in [0.25, 0.3) is 0 Å². The largest absolute Gasteiger partial charge is 0.489 e. The van der Waals surface area contributed by atoms with Crippen LogP contribution in [0.4, 0.5) is 4.39 Å². The highest BCUT2D eigenvalue weighted by molar-refractivity contribution is 6.30. The van der Waals surface area contributed by atoms with Crippen LogP contribution in [0.2, 0.25) is 5.02 Å². The van der Waals surface area contributed by atoms with E-state index in [9.17, 15) is 4.39 Å². The molecule has 0 radical (unpaired) electrons. The van der Waals surface area contributed by atoms with Gasteiger partial charge in [-0.3, -0.25) is 0 Å². The monoisotopic (exact) mass is 280 g/mol. The first kappa shape index (κ1) is 13.8. The molecule has 2 rings (SSSR count). The van der Waals surface area contributed by atoms with Crippen molar-refractivity contribution in [3.63, 3.8) is 0 Å². The van der Waals surface area contributed by atoms with E-state index in [1.165, 1.54) is 12.1 Å². The van der Waals surface area contributed by atoms with Crippen molar-refractivity contribution in [2.75, 3.05) is 6.61 Å². The lowest BCUT2D eigenvalue weighted by molar-refractivity contribution is 0.296. The minimum absolute atomic E-state index is 0.119. The number of hydrogen-bond acceptors (Lipinski definition) is 2. The predicted molar refractivity (Wildman–Crippen MR) is 73.0 cm³/mol. The summed E-state index contributed by atoms with van der Waals surface area (Å²) in [4.78, 5) is 0. The molecular formula is C15H14ClFO2. The number of aliphatic hydroxyl groups excluding tert-OH is 1. The summed E-state index contributed by atoms with van der Waals surface area (Å²) in [6.45, 7) is 0.250. The van der Waals surface area contributed by atoms with Gasteiger partial charge in [-0.15, -0.1) is 0 Å². The third kappa shape index (κ3) is 3.94. The molecule has 0 heterocycles. The molecule has 4 heteroatoms. The van der Waals surface area contributed by atoms with Crippen LogP contribution in [-0.4, -0.2) is 11.7 Å². The van der Waals surface area contributed by atoms with Gasteiger partial charge in [0.25, 0.3) is 0 Å². The van der Waals surface area contributed by atoms with Crippen molar-refractivity contribution in [2.24, 2.45) is 0 Å². The Morgan fingerprint density at radius 3 is 2.53 bits per heavy atom. The number of aliphatic hydroxyl groups is 1. The molecule has 0 aliphatic heterocycles. The zero-order valence-electron chi connectivity index (χ0n) is 10.3. The highest BCUT2D eigenvalue weighted by atomic mass is 35.5. The topological polar surface area (TPSA) is 29.5 Å². The Bertz CT molecular complexity index is 540. The smallest absolute Gasteiger partial charge is 0.129 e. The minimum atomic E-state index is -0.332. The minimum Gasteiger partial charge on any atom is -0.489 e. The number of halogens is 2. The first-order valence-electron chi connectivity index (χ1n) is 5.95. The quantitative estimate of drug-likeness (QED) is 0.907. The van der Waals surface area contributed by atoms with Gasteiger partial charge in [0.2, 0.25) is 0 Å². The fraction of sp³-hybridized carbons (Fsp3) is 0.200. The molecule has 2 nitrogen and oxygen atoms in total. The SMILES string of the molecule is OCCc1ccc(OCc2cc(Cl)ccc2F)cc1. The molecule has 0 bridgehead atoms. The zero-order valence-corrected chi connectivity index (χ0v) is 11.0. The lowest BCUT2D eigenvalue weighted by atomic mass is 10.1. The molecule has 0 spiro atoms. The van der Waals surface area contributed by atoms with Gasteiger partial charge in [-0.25, -0.2) is 4.39 Å². The average Bonchev–Trinajstić information content (AvgIpc) is 2.42. The zero-order chi connectivity index (χ0) is 13.7. The van der Waals surface area contributed by atoms with Crippen molar-refractivity contribution in [2.45, 2.75) is 13.0 Å². The summed E-state index contributed by atoms with van der Waals surface area (Å²) in [6, 6.07) is 11.7. The molecule has 0 saturated carbocycles. The van der Waals surface area contributed by atoms with E-state index in [0.717, 1.165) is 5.56 Å². The molecular weight excluding hydrogens is 267 g/mol. The van der Waals surface area contributed by atoms with E-state index in [1.54, 1.807) is 18.2 Å². The summed E-state index contributed by atoms with van der Waals surface area (Å²) in [6.07, 6.45) is 0.614. The van der Waals surface area contributed by atoms with Crippen LogP contribution in [0.5, 0.6) is 5.75 Å². The first-order valence-corrected chi connectivity index (χ1v) is 6.33. The maximum Gasteiger partial charge on any atom is 0.129 e. The Morgan fingerprint density at radius 1 is 1.11 bits per heavy atom. The molecule has 2 aromatic carbocycles. The van der Waals surface area contributed by atoms with E-state index in [2.05, 4.69) is 0 Å². The Balaban J connectivity index is 2.00. The third-order valence-electron chi connectivity index (χ3n) is 2.73. The standard InChI is InChI=1S/C15H14ClFO2/c16-13-3-6-15(17)12(9-13)10-19-14-4-1-11(2-5-14)7-8-18/h1-6,9,18H,7-8,10H2. The van der Waals surface area contributed by atoms with Gasteiger partial charge < -0.3 is 9.84 Å². The van der Waals surface area contributed by atoms with Crippen molar-refractivity contribution >= 4 is 11.6 Å². The van der Waals surface area contributed by atoms with Crippen LogP contribution in [0.15, 0.2) is 42.5 Å². The highest BCUT2D eigenvalue weighted by Gasteiger charge is 2.04. The van der Waals surface area contributed by atoms with Gasteiger partial charge in [0.05, 0.1) is 0 Å². The second kappa shape index (κ2) is 6.55. The van der Waals surface area contributed by atoms with Crippen LogP contribution in [0, 0.1) is 5.82 Å². The van der Waals surface area contributed by atoms with E-state index in [4.69, 9.17) is 21.4 Å². The van der Waals surface area contributed by atoms with Crippen LogP contribution in [0.3, 0.4) is 0 Å². The molecule has 0 atom stereocenters. The van der Waals surface area contributed by atoms with Crippen molar-refractivity contribution in [3.8, 4) is 5.75 Å². The summed E-state index contributed by atoms with van der Waals surface area (Å²) < 4.78 is 19.0. The highest BCUT2D eigenvalue weighted by Crippen LogP contribution is 2.18. The molecule has 19 heavy (non-hydrogen) atoms. The molecule has 100 valence electrons. The maximum absolute atomic E-state index is 13.5. The lowest BCUT2D eigenvalue weighted by Crippen LogP contribution is -1.99. The molecule has 0 aromatic heterocycles. The summed E-state index contributed by atoms with van der Waals surface area (Å²) >= 11 is 5.81. The summed E-state index contributed by atoms with van der Waals surface area (Å²) in [5.41, 5.74) is 1.45. The molecule has 0 amide bonds. The average molecular weight is 281 g/mol. The number of hydrogen-bond donors (Lipinski definition) is 1. The molecule has 0 fully saturated rings. The van der Waals surface area contributed by atoms with Crippen molar-refractivity contribution in [3.05, 3.63) is 64.4 Å². The van der Waals surface area contributed by atoms with E-state index in [1.807, 2.05) is 12.1 Å². The van der Waals surface area contributed by atoms with Crippen LogP contribution in [0.1, 0.15) is 11.1 Å². The van der Waals surface area contributed by atoms with Gasteiger partial charge in [0.15, 0.2) is 0 Å². The van der Waals surface area contributed by atoms with Gasteiger partial charge in [0.1, 0.15) is 18.2 Å². The maximum atomic E-state index is 13.5.